The van der Waals surface area contributed by atoms with Gasteiger partial charge < -0.3 is 19.5 Å². The highest BCUT2D eigenvalue weighted by molar-refractivity contribution is 7.80. The number of ether oxygens (including phenoxy) is 1. The average Bonchev–Trinajstić information content (AvgIpc) is 3.56. The van der Waals surface area contributed by atoms with Crippen molar-refractivity contribution in [1.29, 1.82) is 0 Å². The number of aromatic nitrogens is 2. The van der Waals surface area contributed by atoms with Crippen LogP contribution in [0.2, 0.25) is 0 Å². The Morgan fingerprint density at radius 3 is 2.26 bits per heavy atom. The van der Waals surface area contributed by atoms with Crippen LogP contribution in [-0.4, -0.2) is 14.7 Å². The molecule has 38 heavy (non-hydrogen) atoms. The first-order valence-electron chi connectivity index (χ1n) is 12.7. The van der Waals surface area contributed by atoms with Crippen molar-refractivity contribution >= 4 is 23.0 Å². The van der Waals surface area contributed by atoms with Gasteiger partial charge >= 0.3 is 0 Å². The molecule has 6 rings (SSSR count). The molecule has 1 aliphatic heterocycles. The van der Waals surface area contributed by atoms with Crippen molar-refractivity contribution < 1.29 is 4.74 Å². The normalized spacial score (nSPS) is 16.9. The molecule has 1 fully saturated rings. The summed E-state index contributed by atoms with van der Waals surface area (Å²) in [6, 6.07) is 34.7. The lowest BCUT2D eigenvalue weighted by Gasteiger charge is -2.29. The van der Waals surface area contributed by atoms with Crippen LogP contribution in [0.1, 0.15) is 34.6 Å². The SMILES string of the molecule is Cc1ccc(-n2cccc2C2C(c3ccccn3)NC(=S)N2c2ccc(Oc3ccccc3C)cc2)cc1. The van der Waals surface area contributed by atoms with Gasteiger partial charge in [-0.15, -0.1) is 0 Å². The maximum Gasteiger partial charge on any atom is 0.174 e. The van der Waals surface area contributed by atoms with Crippen LogP contribution in [0.3, 0.4) is 0 Å². The number of hydrogen-bond donors (Lipinski definition) is 1. The Bertz CT molecular complexity index is 1560. The Labute approximate surface area is 228 Å². The number of rotatable bonds is 6. The average molecular weight is 517 g/mol. The number of nitrogens with one attached hydrogen (secondary N) is 1. The summed E-state index contributed by atoms with van der Waals surface area (Å²) in [7, 11) is 0. The van der Waals surface area contributed by atoms with E-state index in [4.69, 9.17) is 17.0 Å². The largest absolute Gasteiger partial charge is 0.457 e. The Balaban J connectivity index is 1.40. The van der Waals surface area contributed by atoms with E-state index in [1.54, 1.807) is 0 Å². The van der Waals surface area contributed by atoms with Crippen LogP contribution in [0, 0.1) is 13.8 Å². The second-order valence-electron chi connectivity index (χ2n) is 9.50. The third-order valence-corrected chi connectivity index (χ3v) is 7.24. The molecule has 3 aromatic carbocycles. The lowest BCUT2D eigenvalue weighted by Crippen LogP contribution is -2.30. The van der Waals surface area contributed by atoms with Crippen LogP contribution in [-0.2, 0) is 0 Å². The molecular weight excluding hydrogens is 488 g/mol. The summed E-state index contributed by atoms with van der Waals surface area (Å²) in [5.41, 5.74) is 6.48. The molecule has 0 aliphatic carbocycles. The van der Waals surface area contributed by atoms with Gasteiger partial charge in [0, 0.05) is 29.5 Å². The van der Waals surface area contributed by atoms with Gasteiger partial charge in [-0.05, 0) is 98.4 Å². The molecule has 1 aliphatic rings. The summed E-state index contributed by atoms with van der Waals surface area (Å²) in [5.74, 6) is 1.63. The van der Waals surface area contributed by atoms with E-state index < -0.39 is 0 Å². The third-order valence-electron chi connectivity index (χ3n) is 6.93. The zero-order valence-electron chi connectivity index (χ0n) is 21.3. The molecule has 188 valence electrons. The molecule has 0 radical (unpaired) electrons. The van der Waals surface area contributed by atoms with Gasteiger partial charge in [0.2, 0.25) is 0 Å². The lowest BCUT2D eigenvalue weighted by molar-refractivity contribution is 0.479. The van der Waals surface area contributed by atoms with E-state index in [1.807, 2.05) is 61.7 Å². The highest BCUT2D eigenvalue weighted by atomic mass is 32.1. The minimum Gasteiger partial charge on any atom is -0.457 e. The molecule has 0 amide bonds. The van der Waals surface area contributed by atoms with Crippen molar-refractivity contribution in [2.45, 2.75) is 25.9 Å². The number of benzene rings is 3. The third kappa shape index (κ3) is 4.55. The first-order valence-corrected chi connectivity index (χ1v) is 13.1. The summed E-state index contributed by atoms with van der Waals surface area (Å²) in [6.45, 7) is 4.15. The van der Waals surface area contributed by atoms with Crippen LogP contribution in [0.25, 0.3) is 5.69 Å². The number of hydrogen-bond acceptors (Lipinski definition) is 3. The molecule has 5 nitrogen and oxygen atoms in total. The van der Waals surface area contributed by atoms with Crippen LogP contribution in [0.4, 0.5) is 5.69 Å². The van der Waals surface area contributed by atoms with Crippen LogP contribution < -0.4 is 15.0 Å². The van der Waals surface area contributed by atoms with E-state index in [-0.39, 0.29) is 12.1 Å². The van der Waals surface area contributed by atoms with Crippen molar-refractivity contribution in [3.05, 3.63) is 138 Å². The van der Waals surface area contributed by atoms with Crippen LogP contribution in [0.15, 0.2) is 116 Å². The number of anilines is 1. The number of nitrogens with zero attached hydrogens (tertiary/aromatic N) is 3. The molecule has 0 saturated carbocycles. The quantitative estimate of drug-likeness (QED) is 0.237. The van der Waals surface area contributed by atoms with E-state index in [0.717, 1.165) is 39.8 Å². The van der Waals surface area contributed by atoms with E-state index in [0.29, 0.717) is 5.11 Å². The van der Waals surface area contributed by atoms with E-state index in [1.165, 1.54) is 5.56 Å². The lowest BCUT2D eigenvalue weighted by atomic mass is 10.0. The minimum absolute atomic E-state index is 0.114. The molecule has 5 aromatic rings. The van der Waals surface area contributed by atoms with E-state index in [2.05, 4.69) is 87.5 Å². The molecule has 2 unspecified atom stereocenters. The van der Waals surface area contributed by atoms with Gasteiger partial charge in [0.05, 0.1) is 11.7 Å². The van der Waals surface area contributed by atoms with E-state index in [9.17, 15) is 0 Å². The molecular formula is C32H28N4OS. The predicted octanol–water partition coefficient (Wildman–Crippen LogP) is 7.46. The second-order valence-corrected chi connectivity index (χ2v) is 9.88. The number of pyridine rings is 1. The Morgan fingerprint density at radius 2 is 1.53 bits per heavy atom. The molecule has 1 saturated heterocycles. The van der Waals surface area contributed by atoms with Crippen LogP contribution >= 0.6 is 12.2 Å². The Morgan fingerprint density at radius 1 is 0.789 bits per heavy atom. The van der Waals surface area contributed by atoms with Crippen molar-refractivity contribution in [2.24, 2.45) is 0 Å². The fourth-order valence-corrected chi connectivity index (χ4v) is 5.33. The van der Waals surface area contributed by atoms with Gasteiger partial charge in [0.15, 0.2) is 5.11 Å². The highest BCUT2D eigenvalue weighted by Crippen LogP contribution is 2.42. The summed E-state index contributed by atoms with van der Waals surface area (Å²) in [5, 5.41) is 4.22. The van der Waals surface area contributed by atoms with Crippen molar-refractivity contribution in [3.63, 3.8) is 0 Å². The monoisotopic (exact) mass is 516 g/mol. The zero-order valence-corrected chi connectivity index (χ0v) is 22.1. The van der Waals surface area contributed by atoms with Gasteiger partial charge in [-0.3, -0.25) is 4.98 Å². The molecule has 3 heterocycles. The summed E-state index contributed by atoms with van der Waals surface area (Å²) < 4.78 is 8.38. The highest BCUT2D eigenvalue weighted by Gasteiger charge is 2.42. The molecule has 0 bridgehead atoms. The summed E-state index contributed by atoms with van der Waals surface area (Å²) in [4.78, 5) is 6.88. The maximum atomic E-state index is 6.15. The first-order chi connectivity index (χ1) is 18.6. The standard InChI is InChI=1S/C32H28N4OS/c1-22-12-14-24(15-13-22)35-21-7-10-28(35)31-30(27-9-5-6-20-33-27)34-32(38)36(31)25-16-18-26(19-17-25)37-29-11-4-3-8-23(29)2/h3-21,30-31H,1-2H3,(H,34,38). The topological polar surface area (TPSA) is 42.3 Å². The minimum atomic E-state index is -0.120. The summed E-state index contributed by atoms with van der Waals surface area (Å²) in [6.07, 6.45) is 3.94. The first kappa shape index (κ1) is 23.9. The molecule has 2 atom stereocenters. The number of thiocarbonyl (C=S) groups is 1. The van der Waals surface area contributed by atoms with Gasteiger partial charge in [-0.1, -0.05) is 42.0 Å². The van der Waals surface area contributed by atoms with Gasteiger partial charge in [-0.25, -0.2) is 0 Å². The molecule has 1 N–H and O–H groups in total. The van der Waals surface area contributed by atoms with Crippen molar-refractivity contribution in [3.8, 4) is 17.2 Å². The molecule has 2 aromatic heterocycles. The fraction of sp³-hybridized carbons (Fsp3) is 0.125. The Kier molecular flexibility index (Phi) is 6.40. The van der Waals surface area contributed by atoms with Crippen LogP contribution in [0.5, 0.6) is 11.5 Å². The van der Waals surface area contributed by atoms with Crippen molar-refractivity contribution in [1.82, 2.24) is 14.9 Å². The Hall–Kier alpha value is -4.42. The van der Waals surface area contributed by atoms with E-state index >= 15 is 0 Å². The summed E-state index contributed by atoms with van der Waals surface area (Å²) >= 11 is 5.93. The fourth-order valence-electron chi connectivity index (χ4n) is 4.98. The maximum absolute atomic E-state index is 6.15. The van der Waals surface area contributed by atoms with Gasteiger partial charge in [0.1, 0.15) is 17.5 Å². The number of para-hydroxylation sites is 1. The molecule has 6 heteroatoms. The molecule has 0 spiro atoms. The van der Waals surface area contributed by atoms with Crippen molar-refractivity contribution in [2.75, 3.05) is 4.90 Å². The van der Waals surface area contributed by atoms with Gasteiger partial charge in [-0.2, -0.15) is 0 Å². The zero-order chi connectivity index (χ0) is 26.1. The predicted molar refractivity (Wildman–Crippen MR) is 156 cm³/mol. The van der Waals surface area contributed by atoms with Gasteiger partial charge in [0.25, 0.3) is 0 Å². The number of aryl methyl sites for hydroxylation is 2. The smallest absolute Gasteiger partial charge is 0.174 e. The second kappa shape index (κ2) is 10.1.